The minimum atomic E-state index is -1.11. The Balaban J connectivity index is 1.29. The van der Waals surface area contributed by atoms with Crippen molar-refractivity contribution >= 4 is 22.8 Å². The number of carbonyl (C=O) groups is 1. The minimum absolute atomic E-state index is 0.0895. The number of aliphatic hydroxyl groups excluding tert-OH is 2. The molecule has 3 N–H and O–H groups in total. The molecule has 2 aromatic carbocycles. The Bertz CT molecular complexity index is 1670. The molecule has 7 rings (SSSR count). The summed E-state index contributed by atoms with van der Waals surface area (Å²) in [5.74, 6) is 7.34. The summed E-state index contributed by atoms with van der Waals surface area (Å²) in [5.41, 5.74) is 3.48. The van der Waals surface area contributed by atoms with Crippen LogP contribution in [0.1, 0.15) is 54.2 Å². The van der Waals surface area contributed by atoms with E-state index in [0.29, 0.717) is 35.1 Å². The van der Waals surface area contributed by atoms with Gasteiger partial charge in [-0.2, -0.15) is 0 Å². The van der Waals surface area contributed by atoms with Crippen LogP contribution in [0, 0.1) is 30.1 Å². The number of benzene rings is 2. The number of hydrogen-bond acceptors (Lipinski definition) is 7. The molecule has 3 aliphatic carbocycles. The van der Waals surface area contributed by atoms with E-state index < -0.39 is 23.7 Å². The number of anilines is 1. The summed E-state index contributed by atoms with van der Waals surface area (Å²) < 4.78 is 1.80. The van der Waals surface area contributed by atoms with Crippen LogP contribution in [-0.4, -0.2) is 53.8 Å². The van der Waals surface area contributed by atoms with Crippen LogP contribution in [0.5, 0.6) is 0 Å². The SMILES string of the molecule is CC(=O)[C@@]12CC1[C@@H](n1cnc3c(NC4C[C@H]4c4ccccc4)nc(C#Cc4cccc(C)c4)nc31)[C@H](O)C2O. The van der Waals surface area contributed by atoms with Gasteiger partial charge in [-0.15, -0.1) is 0 Å². The van der Waals surface area contributed by atoms with Crippen molar-refractivity contribution in [1.29, 1.82) is 0 Å². The van der Waals surface area contributed by atoms with E-state index in [4.69, 9.17) is 9.97 Å². The molecule has 0 saturated heterocycles. The van der Waals surface area contributed by atoms with Gasteiger partial charge in [0.25, 0.3) is 0 Å². The van der Waals surface area contributed by atoms with Crippen molar-refractivity contribution in [2.45, 2.75) is 56.9 Å². The highest BCUT2D eigenvalue weighted by molar-refractivity contribution is 5.88. The zero-order valence-electron chi connectivity index (χ0n) is 21.7. The summed E-state index contributed by atoms with van der Waals surface area (Å²) in [6, 6.07) is 18.0. The van der Waals surface area contributed by atoms with Gasteiger partial charge in [0.05, 0.1) is 23.9 Å². The molecule has 2 heterocycles. The van der Waals surface area contributed by atoms with Crippen LogP contribution in [0.15, 0.2) is 60.9 Å². The maximum Gasteiger partial charge on any atom is 0.209 e. The largest absolute Gasteiger partial charge is 0.389 e. The molecule has 3 unspecified atom stereocenters. The Labute approximate surface area is 226 Å². The maximum absolute atomic E-state index is 12.4. The average Bonchev–Trinajstić information content (AvgIpc) is 3.81. The highest BCUT2D eigenvalue weighted by atomic mass is 16.3. The Morgan fingerprint density at radius 3 is 2.67 bits per heavy atom. The lowest BCUT2D eigenvalue weighted by atomic mass is 9.95. The second-order valence-corrected chi connectivity index (χ2v) is 11.2. The van der Waals surface area contributed by atoms with Gasteiger partial charge in [0, 0.05) is 17.5 Å². The van der Waals surface area contributed by atoms with Gasteiger partial charge >= 0.3 is 0 Å². The highest BCUT2D eigenvalue weighted by Crippen LogP contribution is 2.68. The number of imidazole rings is 1. The first-order chi connectivity index (χ1) is 18.9. The molecule has 0 spiro atoms. The van der Waals surface area contributed by atoms with Gasteiger partial charge in [0.2, 0.25) is 5.82 Å². The van der Waals surface area contributed by atoms with Crippen molar-refractivity contribution < 1.29 is 15.0 Å². The zero-order chi connectivity index (χ0) is 26.9. The van der Waals surface area contributed by atoms with E-state index in [1.54, 1.807) is 10.9 Å². The predicted octanol–water partition coefficient (Wildman–Crippen LogP) is 3.37. The Morgan fingerprint density at radius 1 is 1.10 bits per heavy atom. The molecule has 4 aromatic rings. The molecule has 8 heteroatoms. The molecule has 0 bridgehead atoms. The first kappa shape index (κ1) is 24.0. The third kappa shape index (κ3) is 3.84. The number of nitrogens with zero attached hydrogens (tertiary/aromatic N) is 4. The second-order valence-electron chi connectivity index (χ2n) is 11.2. The fourth-order valence-electron chi connectivity index (χ4n) is 6.51. The monoisotopic (exact) mass is 519 g/mol. The van der Waals surface area contributed by atoms with Crippen molar-refractivity contribution in [3.05, 3.63) is 83.4 Å². The molecule has 0 amide bonds. The van der Waals surface area contributed by atoms with Gasteiger partial charge in [-0.05, 0) is 61.8 Å². The van der Waals surface area contributed by atoms with Crippen LogP contribution >= 0.6 is 0 Å². The van der Waals surface area contributed by atoms with E-state index in [-0.39, 0.29) is 17.7 Å². The number of aliphatic hydroxyl groups is 2. The maximum atomic E-state index is 12.4. The summed E-state index contributed by atoms with van der Waals surface area (Å²) in [4.78, 5) is 26.6. The fraction of sp³-hybridized carbons (Fsp3) is 0.355. The molecule has 0 aliphatic heterocycles. The lowest BCUT2D eigenvalue weighted by Crippen LogP contribution is -2.36. The lowest BCUT2D eigenvalue weighted by molar-refractivity contribution is -0.128. The Kier molecular flexibility index (Phi) is 5.38. The Hall–Kier alpha value is -4.06. The fourth-order valence-corrected chi connectivity index (χ4v) is 6.51. The van der Waals surface area contributed by atoms with E-state index in [0.717, 1.165) is 17.5 Å². The van der Waals surface area contributed by atoms with Crippen molar-refractivity contribution in [2.24, 2.45) is 11.3 Å². The third-order valence-corrected chi connectivity index (χ3v) is 8.75. The van der Waals surface area contributed by atoms with Gasteiger partial charge < -0.3 is 20.1 Å². The molecule has 2 aromatic heterocycles. The van der Waals surface area contributed by atoms with Crippen LogP contribution < -0.4 is 5.32 Å². The van der Waals surface area contributed by atoms with Crippen molar-refractivity contribution in [3.8, 4) is 11.8 Å². The van der Waals surface area contributed by atoms with Crippen molar-refractivity contribution in [2.75, 3.05) is 5.32 Å². The molecular weight excluding hydrogens is 490 g/mol. The standard InChI is InChI=1S/C31H29N5O3/c1-17-7-6-8-19(13-17)11-12-24-34-29(33-23-14-21(23)20-9-4-3-5-10-20)25-30(35-24)36(16-32-25)26-22-15-31(22,18(2)37)28(39)27(26)38/h3-10,13,16,21-23,26-28,38-39H,14-15H2,1-2H3,(H,33,34,35)/t21-,22?,23?,26+,27-,28?,31-/m0/s1. The summed E-state index contributed by atoms with van der Waals surface area (Å²) >= 11 is 0. The minimum Gasteiger partial charge on any atom is -0.389 e. The predicted molar refractivity (Wildman–Crippen MR) is 146 cm³/mol. The molecule has 0 radical (unpaired) electrons. The van der Waals surface area contributed by atoms with Crippen LogP contribution in [0.2, 0.25) is 0 Å². The topological polar surface area (TPSA) is 113 Å². The van der Waals surface area contributed by atoms with Gasteiger partial charge in [-0.1, -0.05) is 48.4 Å². The number of carbonyl (C=O) groups excluding carboxylic acids is 1. The molecule has 39 heavy (non-hydrogen) atoms. The number of Topliss-reactive ketones (excluding diaryl/α,β-unsaturated/α-hetero) is 1. The molecule has 8 nitrogen and oxygen atoms in total. The van der Waals surface area contributed by atoms with E-state index >= 15 is 0 Å². The Morgan fingerprint density at radius 2 is 1.92 bits per heavy atom. The molecule has 3 saturated carbocycles. The summed E-state index contributed by atoms with van der Waals surface area (Å²) in [5, 5.41) is 25.4. The number of aryl methyl sites for hydroxylation is 1. The third-order valence-electron chi connectivity index (χ3n) is 8.75. The summed E-state index contributed by atoms with van der Waals surface area (Å²) in [6.45, 7) is 3.51. The van der Waals surface area contributed by atoms with Gasteiger partial charge in [-0.25, -0.2) is 15.0 Å². The number of rotatable bonds is 5. The zero-order valence-corrected chi connectivity index (χ0v) is 21.7. The average molecular weight is 520 g/mol. The normalized spacial score (nSPS) is 30.4. The molecule has 7 atom stereocenters. The van der Waals surface area contributed by atoms with Gasteiger partial charge in [0.1, 0.15) is 11.9 Å². The number of hydrogen-bond donors (Lipinski definition) is 3. The van der Waals surface area contributed by atoms with Crippen LogP contribution in [0.3, 0.4) is 0 Å². The molecule has 3 aliphatic rings. The lowest BCUT2D eigenvalue weighted by Gasteiger charge is -2.23. The van der Waals surface area contributed by atoms with Gasteiger partial charge in [-0.3, -0.25) is 4.79 Å². The smallest absolute Gasteiger partial charge is 0.209 e. The first-order valence-corrected chi connectivity index (χ1v) is 13.4. The van der Waals surface area contributed by atoms with Crippen LogP contribution in [0.4, 0.5) is 5.82 Å². The van der Waals surface area contributed by atoms with Crippen molar-refractivity contribution in [3.63, 3.8) is 0 Å². The second kappa shape index (κ2) is 8.73. The van der Waals surface area contributed by atoms with E-state index in [2.05, 4.69) is 46.4 Å². The summed E-state index contributed by atoms with van der Waals surface area (Å²) in [6.07, 6.45) is 0.961. The highest BCUT2D eigenvalue weighted by Gasteiger charge is 2.74. The summed E-state index contributed by atoms with van der Waals surface area (Å²) in [7, 11) is 0. The first-order valence-electron chi connectivity index (χ1n) is 13.4. The van der Waals surface area contributed by atoms with Crippen LogP contribution in [0.25, 0.3) is 11.2 Å². The number of ketones is 1. The number of nitrogens with one attached hydrogen (secondary N) is 1. The number of fused-ring (bicyclic) bond motifs is 2. The van der Waals surface area contributed by atoms with Gasteiger partial charge in [0.15, 0.2) is 17.0 Å². The van der Waals surface area contributed by atoms with E-state index in [9.17, 15) is 15.0 Å². The van der Waals surface area contributed by atoms with Crippen molar-refractivity contribution in [1.82, 2.24) is 19.5 Å². The molecule has 3 fully saturated rings. The van der Waals surface area contributed by atoms with E-state index in [1.165, 1.54) is 12.5 Å². The number of aromatic nitrogens is 4. The quantitative estimate of drug-likeness (QED) is 0.347. The van der Waals surface area contributed by atoms with Crippen LogP contribution in [-0.2, 0) is 4.79 Å². The molecular formula is C31H29N5O3. The molecule has 196 valence electrons. The van der Waals surface area contributed by atoms with E-state index in [1.807, 2.05) is 37.3 Å².